The van der Waals surface area contributed by atoms with Crippen LogP contribution in [0.5, 0.6) is 5.75 Å². The SMILES string of the molecule is Cc1oc(-c2ccccc2Cl)cc1C(=O)NCCc1ccc(O)cc1. The highest BCUT2D eigenvalue weighted by atomic mass is 35.5. The zero-order chi connectivity index (χ0) is 17.8. The number of phenols is 1. The molecule has 0 aliphatic carbocycles. The Morgan fingerprint density at radius 3 is 2.60 bits per heavy atom. The van der Waals surface area contributed by atoms with E-state index in [1.54, 1.807) is 31.2 Å². The molecule has 0 aliphatic rings. The van der Waals surface area contributed by atoms with Gasteiger partial charge in [-0.3, -0.25) is 4.79 Å². The Labute approximate surface area is 151 Å². The molecule has 2 aromatic carbocycles. The molecule has 128 valence electrons. The van der Waals surface area contributed by atoms with Gasteiger partial charge in [-0.25, -0.2) is 0 Å². The van der Waals surface area contributed by atoms with Gasteiger partial charge in [-0.05, 0) is 49.2 Å². The van der Waals surface area contributed by atoms with Crippen molar-refractivity contribution in [1.29, 1.82) is 0 Å². The Morgan fingerprint density at radius 1 is 1.16 bits per heavy atom. The topological polar surface area (TPSA) is 62.5 Å². The molecule has 3 aromatic rings. The summed E-state index contributed by atoms with van der Waals surface area (Å²) in [5.74, 6) is 1.18. The van der Waals surface area contributed by atoms with Gasteiger partial charge in [0.2, 0.25) is 0 Å². The number of amides is 1. The third-order valence-corrected chi connectivity index (χ3v) is 4.27. The van der Waals surface area contributed by atoms with Gasteiger partial charge in [0.1, 0.15) is 17.3 Å². The van der Waals surface area contributed by atoms with E-state index in [1.165, 1.54) is 0 Å². The number of furan rings is 1. The van der Waals surface area contributed by atoms with E-state index in [0.29, 0.717) is 35.1 Å². The van der Waals surface area contributed by atoms with E-state index in [1.807, 2.05) is 30.3 Å². The summed E-state index contributed by atoms with van der Waals surface area (Å²) in [4.78, 5) is 12.4. The predicted molar refractivity (Wildman–Crippen MR) is 98.0 cm³/mol. The lowest BCUT2D eigenvalue weighted by Crippen LogP contribution is -2.25. The summed E-state index contributed by atoms with van der Waals surface area (Å²) < 4.78 is 5.71. The Kier molecular flexibility index (Phi) is 5.10. The number of aromatic hydroxyl groups is 1. The van der Waals surface area contributed by atoms with Crippen LogP contribution in [-0.2, 0) is 6.42 Å². The second kappa shape index (κ2) is 7.45. The number of hydrogen-bond donors (Lipinski definition) is 2. The number of nitrogens with one attached hydrogen (secondary N) is 1. The first-order valence-corrected chi connectivity index (χ1v) is 8.34. The maximum absolute atomic E-state index is 12.4. The van der Waals surface area contributed by atoms with E-state index >= 15 is 0 Å². The highest BCUT2D eigenvalue weighted by molar-refractivity contribution is 6.33. The second-order valence-corrected chi connectivity index (χ2v) is 6.14. The Balaban J connectivity index is 1.66. The lowest BCUT2D eigenvalue weighted by Gasteiger charge is -2.04. The minimum atomic E-state index is -0.182. The second-order valence-electron chi connectivity index (χ2n) is 5.73. The van der Waals surface area contributed by atoms with E-state index in [0.717, 1.165) is 11.1 Å². The monoisotopic (exact) mass is 355 g/mol. The van der Waals surface area contributed by atoms with Crippen molar-refractivity contribution in [3.05, 3.63) is 76.5 Å². The maximum atomic E-state index is 12.4. The fourth-order valence-electron chi connectivity index (χ4n) is 2.58. The minimum absolute atomic E-state index is 0.182. The van der Waals surface area contributed by atoms with Crippen molar-refractivity contribution in [2.45, 2.75) is 13.3 Å². The third kappa shape index (κ3) is 4.03. The molecular formula is C20H18ClNO3. The lowest BCUT2D eigenvalue weighted by molar-refractivity contribution is 0.0952. The van der Waals surface area contributed by atoms with Crippen molar-refractivity contribution in [2.24, 2.45) is 0 Å². The van der Waals surface area contributed by atoms with Crippen molar-refractivity contribution in [3.63, 3.8) is 0 Å². The molecule has 0 spiro atoms. The number of aryl methyl sites for hydroxylation is 1. The molecule has 0 saturated carbocycles. The van der Waals surface area contributed by atoms with Crippen LogP contribution in [0.25, 0.3) is 11.3 Å². The zero-order valence-corrected chi connectivity index (χ0v) is 14.5. The number of benzene rings is 2. The molecule has 4 nitrogen and oxygen atoms in total. The Hall–Kier alpha value is -2.72. The van der Waals surface area contributed by atoms with E-state index in [-0.39, 0.29) is 11.7 Å². The molecule has 0 unspecified atom stereocenters. The molecule has 25 heavy (non-hydrogen) atoms. The predicted octanol–water partition coefficient (Wildman–Crippen LogP) is 4.59. The van der Waals surface area contributed by atoms with Crippen LogP contribution >= 0.6 is 11.6 Å². The van der Waals surface area contributed by atoms with Crippen molar-refractivity contribution in [3.8, 4) is 17.1 Å². The molecule has 0 saturated heterocycles. The van der Waals surface area contributed by atoms with Crippen LogP contribution in [0.4, 0.5) is 0 Å². The van der Waals surface area contributed by atoms with Crippen LogP contribution in [0.2, 0.25) is 5.02 Å². The molecule has 0 fully saturated rings. The smallest absolute Gasteiger partial charge is 0.254 e. The minimum Gasteiger partial charge on any atom is -0.508 e. The van der Waals surface area contributed by atoms with E-state index in [2.05, 4.69) is 5.32 Å². The fraction of sp³-hybridized carbons (Fsp3) is 0.150. The standard InChI is InChI=1S/C20H18ClNO3/c1-13-17(12-19(25-13)16-4-2-3-5-18(16)21)20(24)22-11-10-14-6-8-15(23)9-7-14/h2-9,12,23H,10-11H2,1H3,(H,22,24). The van der Waals surface area contributed by atoms with Gasteiger partial charge in [0.05, 0.1) is 10.6 Å². The highest BCUT2D eigenvalue weighted by Crippen LogP contribution is 2.30. The molecular weight excluding hydrogens is 338 g/mol. The van der Waals surface area contributed by atoms with Gasteiger partial charge in [-0.15, -0.1) is 0 Å². The number of phenolic OH excluding ortho intramolecular Hbond substituents is 1. The summed E-state index contributed by atoms with van der Waals surface area (Å²) in [6.45, 7) is 2.25. The van der Waals surface area contributed by atoms with Gasteiger partial charge < -0.3 is 14.8 Å². The van der Waals surface area contributed by atoms with Gasteiger partial charge in [0.25, 0.3) is 5.91 Å². The van der Waals surface area contributed by atoms with Crippen LogP contribution in [-0.4, -0.2) is 17.6 Å². The summed E-state index contributed by atoms with van der Waals surface area (Å²) in [7, 11) is 0. The first-order chi connectivity index (χ1) is 12.0. The summed E-state index contributed by atoms with van der Waals surface area (Å²) in [5, 5.41) is 12.7. The lowest BCUT2D eigenvalue weighted by atomic mass is 10.1. The molecule has 1 aromatic heterocycles. The first-order valence-electron chi connectivity index (χ1n) is 7.96. The fourth-order valence-corrected chi connectivity index (χ4v) is 2.81. The van der Waals surface area contributed by atoms with Crippen LogP contribution in [0.1, 0.15) is 21.7 Å². The first kappa shape index (κ1) is 17.1. The zero-order valence-electron chi connectivity index (χ0n) is 13.8. The van der Waals surface area contributed by atoms with E-state index in [4.69, 9.17) is 16.0 Å². The molecule has 3 rings (SSSR count). The summed E-state index contributed by atoms with van der Waals surface area (Å²) in [6, 6.07) is 16.0. The largest absolute Gasteiger partial charge is 0.508 e. The van der Waals surface area contributed by atoms with E-state index < -0.39 is 0 Å². The summed E-state index contributed by atoms with van der Waals surface area (Å²) in [6.07, 6.45) is 0.681. The van der Waals surface area contributed by atoms with Crippen LogP contribution in [0, 0.1) is 6.92 Å². The molecule has 0 bridgehead atoms. The molecule has 1 amide bonds. The molecule has 0 aliphatic heterocycles. The third-order valence-electron chi connectivity index (χ3n) is 3.94. The molecule has 5 heteroatoms. The quantitative estimate of drug-likeness (QED) is 0.703. The average Bonchev–Trinajstić information content (AvgIpc) is 2.98. The Morgan fingerprint density at radius 2 is 1.88 bits per heavy atom. The number of halogens is 1. The van der Waals surface area contributed by atoms with Crippen LogP contribution in [0.15, 0.2) is 59.0 Å². The van der Waals surface area contributed by atoms with Crippen molar-refractivity contribution in [1.82, 2.24) is 5.32 Å². The number of hydrogen-bond acceptors (Lipinski definition) is 3. The molecule has 2 N–H and O–H groups in total. The number of rotatable bonds is 5. The average molecular weight is 356 g/mol. The van der Waals surface area contributed by atoms with Crippen LogP contribution in [0.3, 0.4) is 0 Å². The van der Waals surface area contributed by atoms with Crippen molar-refractivity contribution in [2.75, 3.05) is 6.54 Å². The van der Waals surface area contributed by atoms with Crippen molar-refractivity contribution >= 4 is 17.5 Å². The normalized spacial score (nSPS) is 10.6. The van der Waals surface area contributed by atoms with Crippen LogP contribution < -0.4 is 5.32 Å². The van der Waals surface area contributed by atoms with Gasteiger partial charge >= 0.3 is 0 Å². The highest BCUT2D eigenvalue weighted by Gasteiger charge is 2.16. The van der Waals surface area contributed by atoms with Crippen molar-refractivity contribution < 1.29 is 14.3 Å². The van der Waals surface area contributed by atoms with Gasteiger partial charge in [-0.2, -0.15) is 0 Å². The van der Waals surface area contributed by atoms with Gasteiger partial charge in [0, 0.05) is 12.1 Å². The molecule has 1 heterocycles. The summed E-state index contributed by atoms with van der Waals surface area (Å²) >= 11 is 6.18. The summed E-state index contributed by atoms with van der Waals surface area (Å²) in [5.41, 5.74) is 2.30. The van der Waals surface area contributed by atoms with Gasteiger partial charge in [0.15, 0.2) is 0 Å². The maximum Gasteiger partial charge on any atom is 0.254 e. The molecule has 0 radical (unpaired) electrons. The Bertz CT molecular complexity index is 884. The molecule has 0 atom stereocenters. The number of carbonyl (C=O) groups is 1. The van der Waals surface area contributed by atoms with E-state index in [9.17, 15) is 9.90 Å². The van der Waals surface area contributed by atoms with Gasteiger partial charge in [-0.1, -0.05) is 35.9 Å². The number of carbonyl (C=O) groups excluding carboxylic acids is 1.